The maximum Gasteiger partial charge on any atom is 0.328 e. The number of hydrogen-bond donors (Lipinski definition) is 3. The van der Waals surface area contributed by atoms with Gasteiger partial charge in [-0.3, -0.25) is 9.59 Å². The Kier molecular flexibility index (Phi) is 10.7. The van der Waals surface area contributed by atoms with Crippen molar-refractivity contribution in [3.63, 3.8) is 0 Å². The number of hydrogen-bond acceptors (Lipinski definition) is 6. The normalized spacial score (nSPS) is 15.5. The van der Waals surface area contributed by atoms with E-state index in [9.17, 15) is 14.4 Å². The summed E-state index contributed by atoms with van der Waals surface area (Å²) in [6, 6.07) is 14.1. The summed E-state index contributed by atoms with van der Waals surface area (Å²) in [7, 11) is 0. The van der Waals surface area contributed by atoms with Crippen molar-refractivity contribution >= 4 is 39.8 Å². The van der Waals surface area contributed by atoms with Crippen LogP contribution in [0.4, 0.5) is 0 Å². The zero-order valence-electron chi connectivity index (χ0n) is 21.2. The molecule has 198 valence electrons. The number of halogens is 1. The molecule has 2 amide bonds. The van der Waals surface area contributed by atoms with Crippen LogP contribution in [0.5, 0.6) is 5.75 Å². The van der Waals surface area contributed by atoms with Crippen LogP contribution >= 0.6 is 15.9 Å². The third-order valence-corrected chi connectivity index (χ3v) is 6.59. The van der Waals surface area contributed by atoms with Crippen LogP contribution < -0.4 is 20.7 Å². The molecule has 3 N–H and O–H groups in total. The third kappa shape index (κ3) is 8.16. The van der Waals surface area contributed by atoms with Crippen molar-refractivity contribution in [2.75, 3.05) is 26.3 Å². The molecule has 1 heterocycles. The number of benzene rings is 2. The average molecular weight is 572 g/mol. The number of amides is 2. The summed E-state index contributed by atoms with van der Waals surface area (Å²) in [6.07, 6.45) is 4.13. The van der Waals surface area contributed by atoms with Gasteiger partial charge in [0.15, 0.2) is 0 Å². The summed E-state index contributed by atoms with van der Waals surface area (Å²) < 4.78 is 11.7. The lowest BCUT2D eigenvalue weighted by atomic mass is 9.86. The van der Waals surface area contributed by atoms with Gasteiger partial charge in [0.2, 0.25) is 11.8 Å². The van der Waals surface area contributed by atoms with Gasteiger partial charge < -0.3 is 25.4 Å². The van der Waals surface area contributed by atoms with Gasteiger partial charge in [0, 0.05) is 22.5 Å². The molecule has 1 aliphatic rings. The van der Waals surface area contributed by atoms with Crippen molar-refractivity contribution in [3.8, 4) is 5.75 Å². The van der Waals surface area contributed by atoms with Crippen molar-refractivity contribution in [2.24, 2.45) is 0 Å². The summed E-state index contributed by atoms with van der Waals surface area (Å²) in [4.78, 5) is 39.3. The lowest BCUT2D eigenvalue weighted by Gasteiger charge is -2.37. The molecule has 1 unspecified atom stereocenters. The second-order valence-electron chi connectivity index (χ2n) is 8.74. The number of piperidine rings is 1. The first-order chi connectivity index (χ1) is 17.9. The minimum absolute atomic E-state index is 0.204. The van der Waals surface area contributed by atoms with Gasteiger partial charge in [0.25, 0.3) is 0 Å². The Bertz CT molecular complexity index is 1100. The van der Waals surface area contributed by atoms with Gasteiger partial charge >= 0.3 is 5.97 Å². The molecule has 1 atom stereocenters. The molecule has 0 saturated carbocycles. The standard InChI is InChI=1S/C28H34BrN3O5/c1-3-36-24-12-11-22(29)19-21(24)10-13-25(33)32-28(14-16-30-17-15-28)27(35)31-23(26(34)37-4-2)18-20-8-6-5-7-9-20/h5-13,19,23,30H,3-4,14-18H2,1-2H3,(H,31,35)(H,32,33)/b13-10+. The van der Waals surface area contributed by atoms with Crippen LogP contribution in [0.3, 0.4) is 0 Å². The highest BCUT2D eigenvalue weighted by Gasteiger charge is 2.42. The van der Waals surface area contributed by atoms with Gasteiger partial charge in [-0.15, -0.1) is 0 Å². The smallest absolute Gasteiger partial charge is 0.328 e. The molecule has 1 fully saturated rings. The van der Waals surface area contributed by atoms with Crippen LogP contribution in [0.1, 0.15) is 37.8 Å². The SMILES string of the molecule is CCOC(=O)C(Cc1ccccc1)NC(=O)C1(NC(=O)/C=C/c2cc(Br)ccc2OCC)CCNCC1. The molecule has 0 radical (unpaired) electrons. The van der Waals surface area contributed by atoms with Gasteiger partial charge in [0.1, 0.15) is 17.3 Å². The van der Waals surface area contributed by atoms with E-state index < -0.39 is 29.4 Å². The third-order valence-electron chi connectivity index (χ3n) is 6.10. The number of nitrogens with one attached hydrogen (secondary N) is 3. The molecule has 37 heavy (non-hydrogen) atoms. The van der Waals surface area contributed by atoms with Gasteiger partial charge in [-0.25, -0.2) is 4.79 Å². The Morgan fingerprint density at radius 1 is 1.08 bits per heavy atom. The second-order valence-corrected chi connectivity index (χ2v) is 9.65. The summed E-state index contributed by atoms with van der Waals surface area (Å²) in [5, 5.41) is 9.02. The van der Waals surface area contributed by atoms with Crippen molar-refractivity contribution in [3.05, 3.63) is 70.2 Å². The Morgan fingerprint density at radius 2 is 1.81 bits per heavy atom. The van der Waals surface area contributed by atoms with Crippen molar-refractivity contribution in [1.82, 2.24) is 16.0 Å². The maximum atomic E-state index is 13.6. The van der Waals surface area contributed by atoms with E-state index >= 15 is 0 Å². The predicted molar refractivity (Wildman–Crippen MR) is 146 cm³/mol. The molecule has 0 spiro atoms. The Hall–Kier alpha value is -3.17. The summed E-state index contributed by atoms with van der Waals surface area (Å²) >= 11 is 3.44. The quantitative estimate of drug-likeness (QED) is 0.282. The molecule has 2 aromatic carbocycles. The van der Waals surface area contributed by atoms with Gasteiger partial charge in [-0.05, 0) is 69.6 Å². The minimum Gasteiger partial charge on any atom is -0.493 e. The largest absolute Gasteiger partial charge is 0.493 e. The molecular weight excluding hydrogens is 538 g/mol. The first-order valence-corrected chi connectivity index (χ1v) is 13.3. The predicted octanol–water partition coefficient (Wildman–Crippen LogP) is 3.39. The summed E-state index contributed by atoms with van der Waals surface area (Å²) in [6.45, 7) is 5.43. The van der Waals surface area contributed by atoms with E-state index in [0.717, 1.165) is 15.6 Å². The van der Waals surface area contributed by atoms with Gasteiger partial charge in [-0.1, -0.05) is 46.3 Å². The molecule has 0 aliphatic carbocycles. The van der Waals surface area contributed by atoms with Crippen LogP contribution in [0.25, 0.3) is 6.08 Å². The van der Waals surface area contributed by atoms with Crippen molar-refractivity contribution < 1.29 is 23.9 Å². The van der Waals surface area contributed by atoms with Crippen molar-refractivity contribution in [1.29, 1.82) is 0 Å². The lowest BCUT2D eigenvalue weighted by molar-refractivity contribution is -0.148. The molecule has 0 bridgehead atoms. The lowest BCUT2D eigenvalue weighted by Crippen LogP contribution is -2.64. The monoisotopic (exact) mass is 571 g/mol. The second kappa shape index (κ2) is 13.9. The molecular formula is C28H34BrN3O5. The van der Waals surface area contributed by atoms with Gasteiger partial charge in [-0.2, -0.15) is 0 Å². The first-order valence-electron chi connectivity index (χ1n) is 12.5. The zero-order chi connectivity index (χ0) is 26.7. The molecule has 1 aliphatic heterocycles. The van der Waals surface area contributed by atoms with E-state index in [4.69, 9.17) is 9.47 Å². The highest BCUT2D eigenvalue weighted by atomic mass is 79.9. The van der Waals surface area contributed by atoms with E-state index in [1.54, 1.807) is 13.0 Å². The Morgan fingerprint density at radius 3 is 2.49 bits per heavy atom. The fourth-order valence-electron chi connectivity index (χ4n) is 4.22. The molecule has 9 heteroatoms. The van der Waals surface area contributed by atoms with E-state index in [2.05, 4.69) is 31.9 Å². The zero-order valence-corrected chi connectivity index (χ0v) is 22.8. The fourth-order valence-corrected chi connectivity index (χ4v) is 4.60. The van der Waals surface area contributed by atoms with Crippen LogP contribution in [0, 0.1) is 0 Å². The van der Waals surface area contributed by atoms with Crippen LogP contribution in [0.15, 0.2) is 59.1 Å². The Labute approximate surface area is 226 Å². The number of esters is 1. The van der Waals surface area contributed by atoms with Crippen molar-refractivity contribution in [2.45, 2.75) is 44.7 Å². The first kappa shape index (κ1) is 28.4. The average Bonchev–Trinajstić information content (AvgIpc) is 2.89. The molecule has 1 saturated heterocycles. The van der Waals surface area contributed by atoms with Crippen LogP contribution in [0.2, 0.25) is 0 Å². The number of carbonyl (C=O) groups excluding carboxylic acids is 3. The maximum absolute atomic E-state index is 13.6. The van der Waals surface area contributed by atoms with E-state index in [1.807, 2.05) is 55.5 Å². The summed E-state index contributed by atoms with van der Waals surface area (Å²) in [5.74, 6) is -0.659. The van der Waals surface area contributed by atoms with E-state index in [1.165, 1.54) is 6.08 Å². The van der Waals surface area contributed by atoms with Crippen LogP contribution in [-0.2, 0) is 25.5 Å². The number of rotatable bonds is 11. The fraction of sp³-hybridized carbons (Fsp3) is 0.393. The molecule has 0 aromatic heterocycles. The topological polar surface area (TPSA) is 106 Å². The van der Waals surface area contributed by atoms with E-state index in [0.29, 0.717) is 38.3 Å². The minimum atomic E-state index is -1.16. The summed E-state index contributed by atoms with van der Waals surface area (Å²) in [5.41, 5.74) is 0.473. The molecule has 3 rings (SSSR count). The Balaban J connectivity index is 1.78. The van der Waals surface area contributed by atoms with Crippen LogP contribution in [-0.4, -0.2) is 55.7 Å². The number of ether oxygens (including phenoxy) is 2. The molecule has 8 nitrogen and oxygen atoms in total. The van der Waals surface area contributed by atoms with E-state index in [-0.39, 0.29) is 13.0 Å². The van der Waals surface area contributed by atoms with Gasteiger partial charge in [0.05, 0.1) is 13.2 Å². The highest BCUT2D eigenvalue weighted by Crippen LogP contribution is 2.25. The number of carbonyl (C=O) groups is 3. The molecule has 2 aromatic rings. The highest BCUT2D eigenvalue weighted by molar-refractivity contribution is 9.10.